The van der Waals surface area contributed by atoms with Crippen molar-refractivity contribution >= 4 is 0 Å². The molecule has 0 spiro atoms. The van der Waals surface area contributed by atoms with E-state index in [2.05, 4.69) is 31.7 Å². The topological polar surface area (TPSA) is 27.0 Å². The van der Waals surface area contributed by atoms with Crippen molar-refractivity contribution in [2.75, 3.05) is 13.1 Å². The smallest absolute Gasteiger partial charge is 0.127 e. The van der Waals surface area contributed by atoms with E-state index in [4.69, 9.17) is 0 Å². The van der Waals surface area contributed by atoms with E-state index in [0.717, 1.165) is 31.5 Å². The monoisotopic (exact) mass is 288 g/mol. The first-order valence-corrected chi connectivity index (χ1v) is 7.71. The second-order valence-electron chi connectivity index (χ2n) is 7.23. The quantitative estimate of drug-likeness (QED) is 0.826. The molecule has 1 fully saturated rings. The molecule has 0 atom stereocenters. The first-order chi connectivity index (χ1) is 9.88. The number of benzene rings is 1. The first kappa shape index (κ1) is 16.0. The molecule has 3 heteroatoms. The predicted octanol–water partition coefficient (Wildman–Crippen LogP) is 4.37. The summed E-state index contributed by atoms with van der Waals surface area (Å²) in [5, 5.41) is 9.17. The molecule has 1 aromatic rings. The molecule has 0 saturated carbocycles. The molecule has 1 aromatic carbocycles. The van der Waals surface area contributed by atoms with Gasteiger partial charge in [-0.25, -0.2) is 4.39 Å². The van der Waals surface area contributed by atoms with Gasteiger partial charge in [-0.1, -0.05) is 39.0 Å². The van der Waals surface area contributed by atoms with Gasteiger partial charge in [0.25, 0.3) is 0 Å². The van der Waals surface area contributed by atoms with Crippen molar-refractivity contribution < 1.29 is 4.39 Å². The van der Waals surface area contributed by atoms with Crippen LogP contribution in [-0.2, 0) is 6.54 Å². The Balaban J connectivity index is 2.03. The average Bonchev–Trinajstić information content (AvgIpc) is 2.42. The van der Waals surface area contributed by atoms with Crippen LogP contribution in [0.1, 0.15) is 45.6 Å². The lowest BCUT2D eigenvalue weighted by molar-refractivity contribution is 0.00684. The van der Waals surface area contributed by atoms with Crippen LogP contribution in [0.5, 0.6) is 0 Å². The highest BCUT2D eigenvalue weighted by Gasteiger charge is 2.43. The van der Waals surface area contributed by atoms with E-state index in [1.165, 1.54) is 6.07 Å². The zero-order chi connectivity index (χ0) is 15.5. The molecule has 0 unspecified atom stereocenters. The molecular weight excluding hydrogens is 263 g/mol. The van der Waals surface area contributed by atoms with E-state index in [0.29, 0.717) is 13.0 Å². The van der Waals surface area contributed by atoms with Crippen molar-refractivity contribution in [2.45, 2.75) is 46.6 Å². The third-order valence-electron chi connectivity index (χ3n) is 5.17. The van der Waals surface area contributed by atoms with Crippen molar-refractivity contribution in [2.24, 2.45) is 10.8 Å². The Morgan fingerprint density at radius 2 is 1.86 bits per heavy atom. The average molecular weight is 288 g/mol. The fourth-order valence-electron chi connectivity index (χ4n) is 3.35. The minimum Gasteiger partial charge on any atom is -0.299 e. The maximum Gasteiger partial charge on any atom is 0.127 e. The van der Waals surface area contributed by atoms with Crippen LogP contribution in [0.3, 0.4) is 0 Å². The summed E-state index contributed by atoms with van der Waals surface area (Å²) in [6, 6.07) is 9.37. The summed E-state index contributed by atoms with van der Waals surface area (Å²) in [5.41, 5.74) is 0.987. The Morgan fingerprint density at radius 1 is 1.24 bits per heavy atom. The van der Waals surface area contributed by atoms with Crippen LogP contribution in [0, 0.1) is 28.0 Å². The van der Waals surface area contributed by atoms with Crippen molar-refractivity contribution in [3.63, 3.8) is 0 Å². The summed E-state index contributed by atoms with van der Waals surface area (Å²) in [6.45, 7) is 9.24. The van der Waals surface area contributed by atoms with Gasteiger partial charge in [0, 0.05) is 18.5 Å². The van der Waals surface area contributed by atoms with E-state index >= 15 is 0 Å². The number of hydrogen-bond donors (Lipinski definition) is 0. The predicted molar refractivity (Wildman–Crippen MR) is 83.0 cm³/mol. The van der Waals surface area contributed by atoms with Gasteiger partial charge in [0.15, 0.2) is 0 Å². The van der Waals surface area contributed by atoms with E-state index in [1.54, 1.807) is 6.07 Å². The Kier molecular flexibility index (Phi) is 4.68. The molecular formula is C18H25FN2. The number of likely N-dealkylation sites (tertiary alicyclic amines) is 1. The molecule has 0 aliphatic carbocycles. The second-order valence-corrected chi connectivity index (χ2v) is 7.23. The van der Waals surface area contributed by atoms with Crippen molar-refractivity contribution in [1.29, 1.82) is 5.26 Å². The van der Waals surface area contributed by atoms with Gasteiger partial charge in [-0.05, 0) is 42.8 Å². The van der Waals surface area contributed by atoms with Crippen molar-refractivity contribution in [3.05, 3.63) is 35.6 Å². The number of halogens is 1. The fraction of sp³-hybridized carbons (Fsp3) is 0.611. The normalized spacial score (nSPS) is 19.2. The molecule has 1 saturated heterocycles. The lowest BCUT2D eigenvalue weighted by atomic mass is 9.60. The summed E-state index contributed by atoms with van der Waals surface area (Å²) in [5.74, 6) is -0.123. The number of hydrogen-bond acceptors (Lipinski definition) is 2. The third kappa shape index (κ3) is 3.44. The lowest BCUT2D eigenvalue weighted by Gasteiger charge is -2.49. The molecule has 0 amide bonds. The highest BCUT2D eigenvalue weighted by Crippen LogP contribution is 2.49. The summed E-state index contributed by atoms with van der Waals surface area (Å²) in [6.07, 6.45) is 2.64. The molecule has 1 aliphatic heterocycles. The Morgan fingerprint density at radius 3 is 2.38 bits per heavy atom. The van der Waals surface area contributed by atoms with Crippen LogP contribution in [0.2, 0.25) is 0 Å². The number of piperidine rings is 1. The zero-order valence-electron chi connectivity index (χ0n) is 13.3. The first-order valence-electron chi connectivity index (χ1n) is 7.71. The molecule has 2 rings (SSSR count). The van der Waals surface area contributed by atoms with Gasteiger partial charge in [0.2, 0.25) is 0 Å². The molecule has 0 radical (unpaired) electrons. The SMILES string of the molecule is CC(C)(C)C1(CC#N)CCN(Cc2ccccc2F)CC1. The van der Waals surface area contributed by atoms with Crippen LogP contribution in [0.25, 0.3) is 0 Å². The van der Waals surface area contributed by atoms with Gasteiger partial charge in [-0.15, -0.1) is 0 Å². The lowest BCUT2D eigenvalue weighted by Crippen LogP contribution is -2.46. The molecule has 0 bridgehead atoms. The minimum atomic E-state index is -0.123. The van der Waals surface area contributed by atoms with Crippen molar-refractivity contribution in [3.8, 4) is 6.07 Å². The zero-order valence-corrected chi connectivity index (χ0v) is 13.3. The van der Waals surface area contributed by atoms with Crippen LogP contribution < -0.4 is 0 Å². The molecule has 114 valence electrons. The van der Waals surface area contributed by atoms with Crippen LogP contribution in [0.4, 0.5) is 4.39 Å². The summed E-state index contributed by atoms with van der Waals surface area (Å²) in [7, 11) is 0. The van der Waals surface area contributed by atoms with E-state index in [1.807, 2.05) is 12.1 Å². The van der Waals surface area contributed by atoms with Crippen LogP contribution in [0.15, 0.2) is 24.3 Å². The van der Waals surface area contributed by atoms with Gasteiger partial charge in [0.1, 0.15) is 5.82 Å². The standard InChI is InChI=1S/C18H25FN2/c1-17(2,3)18(8-11-20)9-12-21(13-10-18)14-15-6-4-5-7-16(15)19/h4-7H,8-10,12-14H2,1-3H3. The summed E-state index contributed by atoms with van der Waals surface area (Å²) in [4.78, 5) is 2.31. The molecule has 1 heterocycles. The number of rotatable bonds is 3. The Labute approximate surface area is 127 Å². The molecule has 21 heavy (non-hydrogen) atoms. The van der Waals surface area contributed by atoms with Gasteiger partial charge in [-0.2, -0.15) is 5.26 Å². The number of nitriles is 1. The van der Waals surface area contributed by atoms with Gasteiger partial charge in [0.05, 0.1) is 6.07 Å². The van der Waals surface area contributed by atoms with Crippen molar-refractivity contribution in [1.82, 2.24) is 4.90 Å². The van der Waals surface area contributed by atoms with E-state index < -0.39 is 0 Å². The van der Waals surface area contributed by atoms with E-state index in [-0.39, 0.29) is 16.6 Å². The van der Waals surface area contributed by atoms with Gasteiger partial charge >= 0.3 is 0 Å². The molecule has 0 aromatic heterocycles. The largest absolute Gasteiger partial charge is 0.299 e. The Bertz CT molecular complexity index is 517. The molecule has 0 N–H and O–H groups in total. The maximum atomic E-state index is 13.7. The van der Waals surface area contributed by atoms with Crippen LogP contribution in [-0.4, -0.2) is 18.0 Å². The van der Waals surface area contributed by atoms with E-state index in [9.17, 15) is 9.65 Å². The van der Waals surface area contributed by atoms with Gasteiger partial charge in [-0.3, -0.25) is 4.90 Å². The van der Waals surface area contributed by atoms with Crippen LogP contribution >= 0.6 is 0 Å². The highest BCUT2D eigenvalue weighted by molar-refractivity contribution is 5.17. The summed E-state index contributed by atoms with van der Waals surface area (Å²) >= 11 is 0. The summed E-state index contributed by atoms with van der Waals surface area (Å²) < 4.78 is 13.7. The fourth-order valence-corrected chi connectivity index (χ4v) is 3.35. The third-order valence-corrected chi connectivity index (χ3v) is 5.17. The Hall–Kier alpha value is -1.40. The minimum absolute atomic E-state index is 0.0908. The maximum absolute atomic E-state index is 13.7. The number of nitrogens with zero attached hydrogens (tertiary/aromatic N) is 2. The second kappa shape index (κ2) is 6.15. The molecule has 2 nitrogen and oxygen atoms in total. The highest BCUT2D eigenvalue weighted by atomic mass is 19.1. The van der Waals surface area contributed by atoms with Gasteiger partial charge < -0.3 is 0 Å². The molecule has 1 aliphatic rings.